The van der Waals surface area contributed by atoms with Crippen molar-refractivity contribution in [3.63, 3.8) is 0 Å². The summed E-state index contributed by atoms with van der Waals surface area (Å²) in [6.45, 7) is 9.28. The van der Waals surface area contributed by atoms with Gasteiger partial charge in [-0.25, -0.2) is 4.79 Å². The molecule has 4 N–H and O–H groups in total. The zero-order valence-electron chi connectivity index (χ0n) is 17.1. The predicted octanol–water partition coefficient (Wildman–Crippen LogP) is -0.816. The zero-order chi connectivity index (χ0) is 21.5. The largest absolute Gasteiger partial charge is 0.456 e. The van der Waals surface area contributed by atoms with Gasteiger partial charge in [-0.05, 0) is 34.6 Å². The van der Waals surface area contributed by atoms with E-state index in [-0.39, 0.29) is 6.61 Å². The average molecular weight is 405 g/mol. The number of hydrogen-bond acceptors (Lipinski definition) is 9. The van der Waals surface area contributed by atoms with Crippen LogP contribution in [0, 0.1) is 0 Å². The number of esters is 1. The van der Waals surface area contributed by atoms with Crippen LogP contribution in [-0.4, -0.2) is 81.4 Å². The summed E-state index contributed by atoms with van der Waals surface area (Å²) in [4.78, 5) is 24.1. The van der Waals surface area contributed by atoms with Gasteiger partial charge in [-0.1, -0.05) is 0 Å². The predicted molar refractivity (Wildman–Crippen MR) is 94.8 cm³/mol. The van der Waals surface area contributed by atoms with Crippen molar-refractivity contribution >= 4 is 11.9 Å². The zero-order valence-corrected chi connectivity index (χ0v) is 17.1. The number of nitrogens with one attached hydrogen (secondary N) is 1. The molecule has 2 heterocycles. The number of carbonyl (C=O) groups excluding carboxylic acids is 2. The van der Waals surface area contributed by atoms with E-state index in [9.17, 15) is 24.9 Å². The first kappa shape index (κ1) is 23.0. The molecule has 10 heteroatoms. The Balaban J connectivity index is 2.35. The Labute approximate surface area is 164 Å². The third-order valence-electron chi connectivity index (χ3n) is 4.40. The van der Waals surface area contributed by atoms with Gasteiger partial charge in [0.1, 0.15) is 23.9 Å². The molecule has 0 spiro atoms. The molecule has 2 aliphatic heterocycles. The second kappa shape index (κ2) is 7.85. The van der Waals surface area contributed by atoms with Crippen molar-refractivity contribution in [3.8, 4) is 0 Å². The highest BCUT2D eigenvalue weighted by molar-refractivity contribution is 5.78. The molecule has 28 heavy (non-hydrogen) atoms. The van der Waals surface area contributed by atoms with E-state index < -0.39 is 65.9 Å². The van der Waals surface area contributed by atoms with Gasteiger partial charge in [0, 0.05) is 13.3 Å². The van der Waals surface area contributed by atoms with Crippen LogP contribution in [0.25, 0.3) is 0 Å². The van der Waals surface area contributed by atoms with Crippen LogP contribution in [-0.2, 0) is 28.5 Å². The van der Waals surface area contributed by atoms with Gasteiger partial charge in [0.15, 0.2) is 5.79 Å². The monoisotopic (exact) mass is 405 g/mol. The maximum Gasteiger partial charge on any atom is 0.367 e. The first-order valence-electron chi connectivity index (χ1n) is 9.22. The third kappa shape index (κ3) is 5.40. The smallest absolute Gasteiger partial charge is 0.367 e. The van der Waals surface area contributed by atoms with Crippen molar-refractivity contribution in [2.24, 2.45) is 0 Å². The van der Waals surface area contributed by atoms with Crippen LogP contribution in [0.2, 0.25) is 0 Å². The summed E-state index contributed by atoms with van der Waals surface area (Å²) in [6.07, 6.45) is -5.40. The Kier molecular flexibility index (Phi) is 6.44. The van der Waals surface area contributed by atoms with Crippen molar-refractivity contribution in [2.45, 2.75) is 95.6 Å². The average Bonchev–Trinajstić information content (AvgIpc) is 2.50. The standard InChI is InChI=1S/C18H31NO9/c1-9(20)19-12-10(21)7-18(24,15(23)28-16(2,3)4)27-14(12)13-11(22)8-25-17(5,6)26-13/h10-14,21-22,24H,7-8H2,1-6H3,(H,19,20)/t10-,11-,12-,13-,14?,18+/m1/s1. The molecule has 6 atom stereocenters. The Morgan fingerprint density at radius 3 is 2.25 bits per heavy atom. The molecular weight excluding hydrogens is 374 g/mol. The van der Waals surface area contributed by atoms with Gasteiger partial charge in [-0.15, -0.1) is 0 Å². The van der Waals surface area contributed by atoms with Crippen LogP contribution < -0.4 is 5.32 Å². The number of hydrogen-bond donors (Lipinski definition) is 4. The fourth-order valence-electron chi connectivity index (χ4n) is 3.26. The lowest BCUT2D eigenvalue weighted by atomic mass is 9.88. The minimum atomic E-state index is -2.47. The molecule has 2 rings (SSSR count). The van der Waals surface area contributed by atoms with Gasteiger partial charge in [-0.3, -0.25) is 4.79 Å². The van der Waals surface area contributed by atoms with E-state index in [4.69, 9.17) is 18.9 Å². The fourth-order valence-corrected chi connectivity index (χ4v) is 3.26. The van der Waals surface area contributed by atoms with Crippen LogP contribution >= 0.6 is 0 Å². The van der Waals surface area contributed by atoms with E-state index in [1.807, 2.05) is 0 Å². The highest BCUT2D eigenvalue weighted by atomic mass is 16.7. The Morgan fingerprint density at radius 2 is 1.71 bits per heavy atom. The number of amides is 1. The van der Waals surface area contributed by atoms with Gasteiger partial charge in [0.2, 0.25) is 5.91 Å². The first-order valence-corrected chi connectivity index (χ1v) is 9.22. The first-order chi connectivity index (χ1) is 12.6. The van der Waals surface area contributed by atoms with Gasteiger partial charge < -0.3 is 39.6 Å². The number of rotatable bonds is 3. The molecule has 0 aromatic carbocycles. The minimum Gasteiger partial charge on any atom is -0.456 e. The normalized spacial score (nSPS) is 38.5. The molecule has 2 saturated heterocycles. The molecular formula is C18H31NO9. The van der Waals surface area contributed by atoms with E-state index in [0.717, 1.165) is 0 Å². The second-order valence-corrected chi connectivity index (χ2v) is 8.73. The highest BCUT2D eigenvalue weighted by Crippen LogP contribution is 2.36. The van der Waals surface area contributed by atoms with Gasteiger partial charge in [0.05, 0.1) is 18.8 Å². The molecule has 2 fully saturated rings. The van der Waals surface area contributed by atoms with Gasteiger partial charge >= 0.3 is 5.97 Å². The summed E-state index contributed by atoms with van der Waals surface area (Å²) in [5.74, 6) is -5.09. The van der Waals surface area contributed by atoms with E-state index in [1.165, 1.54) is 6.92 Å². The van der Waals surface area contributed by atoms with Crippen LogP contribution in [0.4, 0.5) is 0 Å². The maximum absolute atomic E-state index is 12.5. The van der Waals surface area contributed by atoms with Gasteiger partial charge in [0.25, 0.3) is 5.79 Å². The SMILES string of the molecule is CC(=O)N[C@H]1C([C@@H]2OC(C)(C)OC[C@H]2O)O[C@](O)(C(=O)OC(C)(C)C)C[C@H]1O. The lowest BCUT2D eigenvalue weighted by Crippen LogP contribution is -2.69. The lowest BCUT2D eigenvalue weighted by molar-refractivity contribution is -0.355. The summed E-state index contributed by atoms with van der Waals surface area (Å²) in [5.41, 5.74) is -0.901. The second-order valence-electron chi connectivity index (χ2n) is 8.73. The van der Waals surface area contributed by atoms with Crippen molar-refractivity contribution in [1.82, 2.24) is 5.32 Å². The lowest BCUT2D eigenvalue weighted by Gasteiger charge is -2.49. The van der Waals surface area contributed by atoms with Crippen LogP contribution in [0.5, 0.6) is 0 Å². The van der Waals surface area contributed by atoms with Crippen molar-refractivity contribution in [3.05, 3.63) is 0 Å². The molecule has 10 nitrogen and oxygen atoms in total. The summed E-state index contributed by atoms with van der Waals surface area (Å²) in [5, 5.41) is 34.3. The number of aliphatic hydroxyl groups is 3. The molecule has 0 radical (unpaired) electrons. The Morgan fingerprint density at radius 1 is 1.11 bits per heavy atom. The van der Waals surface area contributed by atoms with Crippen LogP contribution in [0.15, 0.2) is 0 Å². The van der Waals surface area contributed by atoms with Crippen molar-refractivity contribution in [2.75, 3.05) is 6.61 Å². The molecule has 0 aromatic rings. The maximum atomic E-state index is 12.5. The molecule has 1 amide bonds. The van der Waals surface area contributed by atoms with Crippen LogP contribution in [0.3, 0.4) is 0 Å². The van der Waals surface area contributed by atoms with E-state index in [2.05, 4.69) is 5.32 Å². The highest BCUT2D eigenvalue weighted by Gasteiger charge is 2.57. The summed E-state index contributed by atoms with van der Waals surface area (Å²) < 4.78 is 22.0. The third-order valence-corrected chi connectivity index (χ3v) is 4.40. The van der Waals surface area contributed by atoms with Crippen molar-refractivity contribution < 1.29 is 43.9 Å². The number of aliphatic hydroxyl groups excluding tert-OH is 2. The quantitative estimate of drug-likeness (QED) is 0.443. The molecule has 2 aliphatic rings. The fraction of sp³-hybridized carbons (Fsp3) is 0.889. The van der Waals surface area contributed by atoms with Gasteiger partial charge in [-0.2, -0.15) is 0 Å². The molecule has 0 saturated carbocycles. The van der Waals surface area contributed by atoms with Crippen LogP contribution in [0.1, 0.15) is 48.0 Å². The molecule has 0 aliphatic carbocycles. The molecule has 0 bridgehead atoms. The summed E-state index contributed by atoms with van der Waals surface area (Å²) in [6, 6.07) is -1.03. The molecule has 1 unspecified atom stereocenters. The van der Waals surface area contributed by atoms with E-state index in [0.29, 0.717) is 0 Å². The minimum absolute atomic E-state index is 0.0920. The van der Waals surface area contributed by atoms with Crippen molar-refractivity contribution in [1.29, 1.82) is 0 Å². The Hall–Kier alpha value is -1.30. The molecule has 0 aromatic heterocycles. The molecule has 162 valence electrons. The van der Waals surface area contributed by atoms with E-state index in [1.54, 1.807) is 34.6 Å². The summed E-state index contributed by atoms with van der Waals surface area (Å²) >= 11 is 0. The van der Waals surface area contributed by atoms with E-state index >= 15 is 0 Å². The number of carbonyl (C=O) groups is 2. The Bertz CT molecular complexity index is 602. The number of ether oxygens (including phenoxy) is 4. The summed E-state index contributed by atoms with van der Waals surface area (Å²) in [7, 11) is 0. The topological polar surface area (TPSA) is 144 Å².